The van der Waals surface area contributed by atoms with Crippen molar-refractivity contribution in [1.82, 2.24) is 0 Å². The Hall–Kier alpha value is -3.23. The molecule has 5 heteroatoms. The summed E-state index contributed by atoms with van der Waals surface area (Å²) in [5.41, 5.74) is -0.741. The first-order valence-electron chi connectivity index (χ1n) is 11.5. The minimum Gasteiger partial charge on any atom is -0.479 e. The molecule has 0 heterocycles. The van der Waals surface area contributed by atoms with Gasteiger partial charge in [-0.3, -0.25) is 0 Å². The Labute approximate surface area is 203 Å². The summed E-state index contributed by atoms with van der Waals surface area (Å²) in [6.45, 7) is 1.39. The van der Waals surface area contributed by atoms with Gasteiger partial charge in [-0.15, -0.1) is 5.92 Å². The van der Waals surface area contributed by atoms with Gasteiger partial charge in [0.2, 0.25) is 0 Å². The highest BCUT2D eigenvalue weighted by Gasteiger charge is 2.34. The lowest BCUT2D eigenvalue weighted by atomic mass is 9.85. The number of hydrogen-bond acceptors (Lipinski definition) is 3. The molecule has 0 amide bonds. The lowest BCUT2D eigenvalue weighted by molar-refractivity contribution is -0.159. The number of carbonyl (C=O) groups excluding carboxylic acids is 1. The van der Waals surface area contributed by atoms with Crippen LogP contribution in [0.15, 0.2) is 93.5 Å². The molecule has 34 heavy (non-hydrogen) atoms. The Kier molecular flexibility index (Phi) is 7.92. The van der Waals surface area contributed by atoms with Crippen LogP contribution < -0.4 is 4.74 Å². The number of hydrogen-bond donors (Lipinski definition) is 0. The molecule has 0 bridgehead atoms. The zero-order valence-electron chi connectivity index (χ0n) is 19.3. The maximum Gasteiger partial charge on any atom is 0.345 e. The molecular formula is C29H28FO3S+. The van der Waals surface area contributed by atoms with E-state index in [4.69, 9.17) is 9.47 Å². The largest absolute Gasteiger partial charge is 0.479 e. The van der Waals surface area contributed by atoms with Crippen molar-refractivity contribution in [2.75, 3.05) is 6.61 Å². The molecule has 0 aromatic heterocycles. The first-order valence-corrected chi connectivity index (χ1v) is 12.8. The van der Waals surface area contributed by atoms with Gasteiger partial charge in [-0.25, -0.2) is 9.18 Å². The predicted molar refractivity (Wildman–Crippen MR) is 132 cm³/mol. The van der Waals surface area contributed by atoms with Crippen molar-refractivity contribution >= 4 is 16.9 Å². The van der Waals surface area contributed by atoms with Crippen LogP contribution in [0.2, 0.25) is 0 Å². The standard InChI is InChI=1S/C29H28FO3S/c1-2-18-29(19-10-5-11-20-29)33-28(31)22-32-27-17-16-25(21-26(27)30)34(23-12-6-3-7-13-23)24-14-8-4-9-15-24/h3-4,6-9,12-17,21H,5,10-11,19-20,22H2,1H3/q+1. The van der Waals surface area contributed by atoms with Gasteiger partial charge in [-0.05, 0) is 69.0 Å². The monoisotopic (exact) mass is 475 g/mol. The highest BCUT2D eigenvalue weighted by molar-refractivity contribution is 7.97. The molecule has 1 aliphatic rings. The molecule has 0 unspecified atom stereocenters. The molecule has 1 aliphatic carbocycles. The van der Waals surface area contributed by atoms with E-state index in [1.165, 1.54) is 6.07 Å². The lowest BCUT2D eigenvalue weighted by Gasteiger charge is -2.32. The van der Waals surface area contributed by atoms with Gasteiger partial charge < -0.3 is 9.47 Å². The normalized spacial score (nSPS) is 14.7. The molecule has 4 rings (SSSR count). The Morgan fingerprint density at radius 3 is 2.09 bits per heavy atom. The van der Waals surface area contributed by atoms with Crippen LogP contribution >= 0.6 is 0 Å². The maximum absolute atomic E-state index is 15.1. The Balaban J connectivity index is 1.49. The second-order valence-electron chi connectivity index (χ2n) is 8.22. The number of carbonyl (C=O) groups is 1. The van der Waals surface area contributed by atoms with Crippen LogP contribution in [0.1, 0.15) is 39.0 Å². The first kappa shape index (κ1) is 23.9. The molecule has 0 radical (unpaired) electrons. The molecule has 0 atom stereocenters. The van der Waals surface area contributed by atoms with Crippen LogP contribution in [-0.4, -0.2) is 18.2 Å². The summed E-state index contributed by atoms with van der Waals surface area (Å²) in [5, 5.41) is 0. The Bertz CT molecular complexity index is 1120. The second kappa shape index (κ2) is 11.3. The first-order chi connectivity index (χ1) is 16.6. The summed E-state index contributed by atoms with van der Waals surface area (Å²) < 4.78 is 26.3. The Morgan fingerprint density at radius 2 is 1.53 bits per heavy atom. The van der Waals surface area contributed by atoms with Gasteiger partial charge >= 0.3 is 5.97 Å². The Morgan fingerprint density at radius 1 is 0.912 bits per heavy atom. The van der Waals surface area contributed by atoms with Gasteiger partial charge in [0, 0.05) is 6.07 Å². The van der Waals surface area contributed by atoms with Crippen LogP contribution in [0, 0.1) is 17.7 Å². The smallest absolute Gasteiger partial charge is 0.345 e. The second-order valence-corrected chi connectivity index (χ2v) is 10.2. The van der Waals surface area contributed by atoms with E-state index >= 15 is 4.39 Å². The number of esters is 1. The molecule has 1 saturated carbocycles. The van der Waals surface area contributed by atoms with Gasteiger partial charge in [-0.2, -0.15) is 0 Å². The van der Waals surface area contributed by atoms with E-state index in [1.54, 1.807) is 13.0 Å². The molecule has 0 saturated heterocycles. The maximum atomic E-state index is 15.1. The molecule has 1 fully saturated rings. The van der Waals surface area contributed by atoms with Crippen molar-refractivity contribution in [3.63, 3.8) is 0 Å². The number of benzene rings is 3. The van der Waals surface area contributed by atoms with Crippen LogP contribution in [-0.2, 0) is 20.4 Å². The van der Waals surface area contributed by atoms with Crippen molar-refractivity contribution in [1.29, 1.82) is 0 Å². The summed E-state index contributed by atoms with van der Waals surface area (Å²) in [5.74, 6) is 4.95. The van der Waals surface area contributed by atoms with Crippen molar-refractivity contribution in [3.05, 3.63) is 84.7 Å². The van der Waals surface area contributed by atoms with E-state index in [0.29, 0.717) is 0 Å². The van der Waals surface area contributed by atoms with E-state index < -0.39 is 28.3 Å². The van der Waals surface area contributed by atoms with E-state index in [-0.39, 0.29) is 12.4 Å². The molecule has 174 valence electrons. The van der Waals surface area contributed by atoms with Crippen molar-refractivity contribution < 1.29 is 18.7 Å². The minimum atomic E-state index is -0.741. The number of ether oxygens (including phenoxy) is 2. The molecule has 0 aliphatic heterocycles. The van der Waals surface area contributed by atoms with Gasteiger partial charge in [0.1, 0.15) is 0 Å². The fourth-order valence-electron chi connectivity index (χ4n) is 4.23. The van der Waals surface area contributed by atoms with Gasteiger partial charge in [0.15, 0.2) is 38.5 Å². The van der Waals surface area contributed by atoms with E-state index in [9.17, 15) is 4.79 Å². The number of rotatable bonds is 7. The van der Waals surface area contributed by atoms with E-state index in [1.807, 2.05) is 42.5 Å². The third-order valence-corrected chi connectivity index (χ3v) is 7.98. The van der Waals surface area contributed by atoms with Crippen molar-refractivity contribution in [3.8, 4) is 17.6 Å². The quantitative estimate of drug-likeness (QED) is 0.220. The summed E-state index contributed by atoms with van der Waals surface area (Å²) in [4.78, 5) is 15.5. The molecular weight excluding hydrogens is 447 g/mol. The molecule has 3 nitrogen and oxygen atoms in total. The van der Waals surface area contributed by atoms with Crippen LogP contribution in [0.3, 0.4) is 0 Å². The third-order valence-electron chi connectivity index (χ3n) is 5.77. The van der Waals surface area contributed by atoms with Gasteiger partial charge in [-0.1, -0.05) is 48.7 Å². The third kappa shape index (κ3) is 5.81. The highest BCUT2D eigenvalue weighted by Crippen LogP contribution is 2.34. The predicted octanol–water partition coefficient (Wildman–Crippen LogP) is 6.57. The topological polar surface area (TPSA) is 35.5 Å². The minimum absolute atomic E-state index is 0.0321. The van der Waals surface area contributed by atoms with Crippen LogP contribution in [0.4, 0.5) is 4.39 Å². The zero-order chi connectivity index (χ0) is 23.8. The zero-order valence-corrected chi connectivity index (χ0v) is 20.1. The average molecular weight is 476 g/mol. The highest BCUT2D eigenvalue weighted by atomic mass is 32.2. The van der Waals surface area contributed by atoms with Crippen LogP contribution in [0.25, 0.3) is 0 Å². The van der Waals surface area contributed by atoms with Gasteiger partial charge in [0.25, 0.3) is 0 Å². The van der Waals surface area contributed by atoms with Crippen molar-refractivity contribution in [2.45, 2.75) is 59.3 Å². The lowest BCUT2D eigenvalue weighted by Crippen LogP contribution is -2.37. The fraction of sp³-hybridized carbons (Fsp3) is 0.276. The summed E-state index contributed by atoms with van der Waals surface area (Å²) >= 11 is 0. The summed E-state index contributed by atoms with van der Waals surface area (Å²) in [7, 11) is -0.461. The summed E-state index contributed by atoms with van der Waals surface area (Å²) in [6.07, 6.45) is 4.52. The summed E-state index contributed by atoms with van der Waals surface area (Å²) in [6, 6.07) is 25.0. The van der Waals surface area contributed by atoms with Crippen LogP contribution in [0.5, 0.6) is 5.75 Å². The van der Waals surface area contributed by atoms with Crippen molar-refractivity contribution in [2.24, 2.45) is 0 Å². The molecule has 0 N–H and O–H groups in total. The number of halogens is 1. The fourth-order valence-corrected chi connectivity index (χ4v) is 6.33. The van der Waals surface area contributed by atoms with E-state index in [0.717, 1.165) is 46.8 Å². The van der Waals surface area contributed by atoms with E-state index in [2.05, 4.69) is 36.1 Å². The van der Waals surface area contributed by atoms with Gasteiger partial charge in [0.05, 0.1) is 10.9 Å². The molecule has 3 aromatic carbocycles. The SMILES string of the molecule is CC#CC1(OC(=O)COc2ccc([S+](c3ccccc3)c3ccccc3)cc2F)CCCCC1. The average Bonchev–Trinajstić information content (AvgIpc) is 2.86. The molecule has 3 aromatic rings. The molecule has 0 spiro atoms.